The van der Waals surface area contributed by atoms with Crippen LogP contribution in [0.3, 0.4) is 0 Å². The number of aromatic nitrogens is 3. The number of aryl methyl sites for hydroxylation is 1. The Kier molecular flexibility index (Phi) is 8.04. The number of ether oxygens (including phenoxy) is 1. The molecule has 0 N–H and O–H groups in total. The summed E-state index contributed by atoms with van der Waals surface area (Å²) in [6.45, 7) is 3.84. The molecule has 0 saturated carbocycles. The van der Waals surface area contributed by atoms with Crippen LogP contribution < -0.4 is 14.8 Å². The summed E-state index contributed by atoms with van der Waals surface area (Å²) in [5, 5.41) is 0.0653. The molecular weight excluding hydrogens is 567 g/mol. The van der Waals surface area contributed by atoms with Crippen molar-refractivity contribution in [2.24, 2.45) is 0 Å². The zero-order chi connectivity index (χ0) is 29.1. The Balaban J connectivity index is 1.56. The minimum absolute atomic E-state index is 0.0469. The number of fused-ring (bicyclic) bond motifs is 1. The molecule has 3 aromatic carbocycles. The van der Waals surface area contributed by atoms with E-state index in [4.69, 9.17) is 9.15 Å². The Hall–Kier alpha value is -4.29. The Morgan fingerprint density at radius 3 is 2.66 bits per heavy atom. The summed E-state index contributed by atoms with van der Waals surface area (Å²) in [7, 11) is -2.96. The van der Waals surface area contributed by atoms with Gasteiger partial charge in [0.15, 0.2) is 5.58 Å². The fourth-order valence-electron chi connectivity index (χ4n) is 4.45. The summed E-state index contributed by atoms with van der Waals surface area (Å²) in [5.74, 6) is -1.12. The molecule has 2 aromatic heterocycles. The number of allylic oxidation sites excluding steroid dienone is 1. The van der Waals surface area contributed by atoms with E-state index in [0.717, 1.165) is 51.1 Å². The van der Waals surface area contributed by atoms with Gasteiger partial charge >= 0.3 is 5.76 Å². The van der Waals surface area contributed by atoms with Gasteiger partial charge in [-0.25, -0.2) is 26.9 Å². The summed E-state index contributed by atoms with van der Waals surface area (Å²) >= 11 is 0.865. The summed E-state index contributed by atoms with van der Waals surface area (Å²) in [6, 6.07) is 14.8. The third-order valence-corrected chi connectivity index (χ3v) is 9.19. The van der Waals surface area contributed by atoms with E-state index < -0.39 is 26.5 Å². The SMILES string of the molecule is CC/C=C/c1ccccc1Cn1c(=O)oc2cc(S(=O)(=O)N(Cc3ccc(OC)cc3C)c3ncns3)c(F)cc21. The second kappa shape index (κ2) is 11.7. The van der Waals surface area contributed by atoms with Crippen molar-refractivity contribution in [2.45, 2.75) is 38.3 Å². The van der Waals surface area contributed by atoms with Crippen LogP contribution in [0.2, 0.25) is 0 Å². The first-order chi connectivity index (χ1) is 19.7. The number of nitrogens with zero attached hydrogens (tertiary/aromatic N) is 4. The number of benzene rings is 3. The molecule has 0 aliphatic heterocycles. The number of rotatable bonds is 10. The van der Waals surface area contributed by atoms with E-state index >= 15 is 4.39 Å². The number of sulfonamides is 1. The van der Waals surface area contributed by atoms with Crippen LogP contribution >= 0.6 is 11.5 Å². The molecule has 2 heterocycles. The number of methoxy groups -OCH3 is 1. The van der Waals surface area contributed by atoms with E-state index in [1.54, 1.807) is 25.3 Å². The maximum atomic E-state index is 15.7. The number of hydrogen-bond acceptors (Lipinski definition) is 8. The summed E-state index contributed by atoms with van der Waals surface area (Å²) < 4.78 is 60.4. The third-order valence-electron chi connectivity index (χ3n) is 6.63. The van der Waals surface area contributed by atoms with Crippen molar-refractivity contribution in [2.75, 3.05) is 11.4 Å². The van der Waals surface area contributed by atoms with Crippen LogP contribution in [0.4, 0.5) is 9.52 Å². The molecule has 5 aromatic rings. The van der Waals surface area contributed by atoms with Crippen LogP contribution in [-0.2, 0) is 23.1 Å². The van der Waals surface area contributed by atoms with Crippen molar-refractivity contribution in [1.82, 2.24) is 13.9 Å². The highest BCUT2D eigenvalue weighted by Crippen LogP contribution is 2.31. The van der Waals surface area contributed by atoms with E-state index in [1.165, 1.54) is 10.9 Å². The molecule has 9 nitrogen and oxygen atoms in total. The second-order valence-electron chi connectivity index (χ2n) is 9.24. The smallest absolute Gasteiger partial charge is 0.420 e. The first kappa shape index (κ1) is 28.2. The molecule has 0 spiro atoms. The Morgan fingerprint density at radius 2 is 1.95 bits per heavy atom. The standard InChI is InChI=1S/C29H27FN4O5S2/c1-4-5-8-20-9-6-7-10-22(20)16-33-25-14-24(30)27(15-26(25)39-29(33)35)41(36,37)34(28-31-18-32-40-28)17-21-11-12-23(38-3)13-19(21)2/h5-15,18H,4,16-17H2,1-3H3/b8-5+. The fourth-order valence-corrected chi connectivity index (χ4v) is 6.64. The number of halogens is 1. The third kappa shape index (κ3) is 5.66. The van der Waals surface area contributed by atoms with E-state index in [0.29, 0.717) is 11.3 Å². The van der Waals surface area contributed by atoms with Gasteiger partial charge in [-0.15, -0.1) is 0 Å². The molecule has 12 heteroatoms. The molecule has 0 amide bonds. The van der Waals surface area contributed by atoms with Gasteiger partial charge < -0.3 is 9.15 Å². The van der Waals surface area contributed by atoms with Gasteiger partial charge in [0.05, 0.1) is 25.7 Å². The lowest BCUT2D eigenvalue weighted by Gasteiger charge is -2.22. The number of oxazole rings is 1. The highest BCUT2D eigenvalue weighted by atomic mass is 32.2. The lowest BCUT2D eigenvalue weighted by atomic mass is 10.1. The van der Waals surface area contributed by atoms with Crippen LogP contribution in [0.25, 0.3) is 17.2 Å². The molecule has 0 unspecified atom stereocenters. The predicted molar refractivity (Wildman–Crippen MR) is 156 cm³/mol. The Bertz CT molecular complexity index is 1900. The van der Waals surface area contributed by atoms with Crippen molar-refractivity contribution in [3.8, 4) is 5.75 Å². The first-order valence-corrected chi connectivity index (χ1v) is 14.9. The van der Waals surface area contributed by atoms with Crippen molar-refractivity contribution >= 4 is 43.9 Å². The molecule has 212 valence electrons. The van der Waals surface area contributed by atoms with E-state index in [9.17, 15) is 13.2 Å². The topological polar surface area (TPSA) is 108 Å². The van der Waals surface area contributed by atoms with Crippen molar-refractivity contribution in [1.29, 1.82) is 0 Å². The van der Waals surface area contributed by atoms with Gasteiger partial charge in [-0.3, -0.25) is 4.57 Å². The second-order valence-corrected chi connectivity index (χ2v) is 11.8. The van der Waals surface area contributed by atoms with Gasteiger partial charge in [0.2, 0.25) is 5.13 Å². The fraction of sp³-hybridized carbons (Fsp3) is 0.207. The van der Waals surface area contributed by atoms with E-state index in [2.05, 4.69) is 9.36 Å². The van der Waals surface area contributed by atoms with Crippen LogP contribution in [0.5, 0.6) is 5.75 Å². The molecule has 0 bridgehead atoms. The van der Waals surface area contributed by atoms with Crippen LogP contribution in [0.1, 0.15) is 35.6 Å². The maximum Gasteiger partial charge on any atom is 0.420 e. The molecule has 0 radical (unpaired) electrons. The molecule has 0 aliphatic rings. The zero-order valence-electron chi connectivity index (χ0n) is 22.6. The van der Waals surface area contributed by atoms with Gasteiger partial charge in [0.1, 0.15) is 22.8 Å². The quantitative estimate of drug-likeness (QED) is 0.202. The van der Waals surface area contributed by atoms with Gasteiger partial charge in [-0.2, -0.15) is 4.37 Å². The molecule has 0 atom stereocenters. The van der Waals surface area contributed by atoms with Crippen LogP contribution in [0.15, 0.2) is 81.1 Å². The maximum absolute atomic E-state index is 15.7. The predicted octanol–water partition coefficient (Wildman–Crippen LogP) is 5.77. The monoisotopic (exact) mass is 594 g/mol. The lowest BCUT2D eigenvalue weighted by Crippen LogP contribution is -2.31. The van der Waals surface area contributed by atoms with Crippen molar-refractivity contribution in [3.05, 3.63) is 106 Å². The van der Waals surface area contributed by atoms with Crippen LogP contribution in [0, 0.1) is 12.7 Å². The summed E-state index contributed by atoms with van der Waals surface area (Å²) in [4.78, 5) is 16.3. The van der Waals surface area contributed by atoms with Crippen molar-refractivity contribution in [3.63, 3.8) is 0 Å². The molecule has 0 aliphatic carbocycles. The zero-order valence-corrected chi connectivity index (χ0v) is 24.2. The minimum Gasteiger partial charge on any atom is -0.497 e. The average Bonchev–Trinajstić information content (AvgIpc) is 3.59. The van der Waals surface area contributed by atoms with Crippen molar-refractivity contribution < 1.29 is 22.0 Å². The van der Waals surface area contributed by atoms with Gasteiger partial charge in [-0.05, 0) is 47.7 Å². The normalized spacial score (nSPS) is 11.9. The van der Waals surface area contributed by atoms with E-state index in [-0.39, 0.29) is 29.3 Å². The molecule has 5 rings (SSSR count). The average molecular weight is 595 g/mol. The largest absolute Gasteiger partial charge is 0.497 e. The van der Waals surface area contributed by atoms with Gasteiger partial charge in [0, 0.05) is 23.7 Å². The Labute approximate surface area is 240 Å². The number of hydrogen-bond donors (Lipinski definition) is 0. The molecule has 41 heavy (non-hydrogen) atoms. The summed E-state index contributed by atoms with van der Waals surface area (Å²) in [6.07, 6.45) is 6.04. The van der Waals surface area contributed by atoms with Gasteiger partial charge in [-0.1, -0.05) is 49.4 Å². The molecule has 0 saturated heterocycles. The highest BCUT2D eigenvalue weighted by molar-refractivity contribution is 7.93. The number of anilines is 1. The molecular formula is C29H27FN4O5S2. The van der Waals surface area contributed by atoms with Gasteiger partial charge in [0.25, 0.3) is 10.0 Å². The first-order valence-electron chi connectivity index (χ1n) is 12.7. The Morgan fingerprint density at radius 1 is 1.15 bits per heavy atom. The lowest BCUT2D eigenvalue weighted by molar-refractivity contribution is 0.414. The highest BCUT2D eigenvalue weighted by Gasteiger charge is 2.32. The summed E-state index contributed by atoms with van der Waals surface area (Å²) in [5.41, 5.74) is 3.29. The molecule has 0 fully saturated rings. The van der Waals surface area contributed by atoms with E-state index in [1.807, 2.05) is 50.3 Å². The van der Waals surface area contributed by atoms with Crippen LogP contribution in [-0.4, -0.2) is 29.5 Å². The minimum atomic E-state index is -4.50.